The molecule has 2 aromatic carbocycles. The number of carbonyl (C=O) groups is 1. The molecule has 0 spiro atoms. The van der Waals surface area contributed by atoms with Crippen LogP contribution in [0.15, 0.2) is 48.8 Å². The van der Waals surface area contributed by atoms with Crippen molar-refractivity contribution < 1.29 is 18.7 Å². The molecular weight excluding hydrogens is 387 g/mol. The van der Waals surface area contributed by atoms with Crippen LogP contribution in [0.4, 0.5) is 15.8 Å². The van der Waals surface area contributed by atoms with Gasteiger partial charge in [0.2, 0.25) is 5.91 Å². The van der Waals surface area contributed by atoms with E-state index in [1.807, 2.05) is 25.1 Å². The first-order valence-electron chi connectivity index (χ1n) is 9.78. The number of ether oxygens (including phenoxy) is 2. The molecule has 2 N–H and O–H groups in total. The quantitative estimate of drug-likeness (QED) is 0.619. The number of H-pyrrole nitrogens is 1. The van der Waals surface area contributed by atoms with Crippen molar-refractivity contribution in [3.8, 4) is 22.6 Å². The molecule has 1 aliphatic rings. The summed E-state index contributed by atoms with van der Waals surface area (Å²) in [5.74, 6) is 0.350. The van der Waals surface area contributed by atoms with Gasteiger partial charge in [-0.3, -0.25) is 9.89 Å². The van der Waals surface area contributed by atoms with Gasteiger partial charge in [-0.2, -0.15) is 5.10 Å². The highest BCUT2D eigenvalue weighted by atomic mass is 19.1. The second-order valence-corrected chi connectivity index (χ2v) is 6.93. The Morgan fingerprint density at radius 1 is 1.27 bits per heavy atom. The second-order valence-electron chi connectivity index (χ2n) is 6.93. The maximum Gasteiger partial charge on any atom is 0.249 e. The van der Waals surface area contributed by atoms with Crippen LogP contribution in [-0.2, 0) is 4.79 Å². The Hall–Kier alpha value is -3.55. The number of rotatable bonds is 7. The SMILES string of the molecule is CCOc1cc(N2CCC(Nc3ccc(F)c(OC)c3)C2=O)ccc1-c1cn[nH]c1. The number of nitrogens with one attached hydrogen (secondary N) is 2. The van der Waals surface area contributed by atoms with Gasteiger partial charge < -0.3 is 19.7 Å². The largest absolute Gasteiger partial charge is 0.494 e. The predicted octanol–water partition coefficient (Wildman–Crippen LogP) is 3.84. The molecule has 1 atom stereocenters. The molecule has 1 saturated heterocycles. The van der Waals surface area contributed by atoms with Crippen molar-refractivity contribution in [1.29, 1.82) is 0 Å². The lowest BCUT2D eigenvalue weighted by Gasteiger charge is -2.20. The summed E-state index contributed by atoms with van der Waals surface area (Å²) >= 11 is 0. The Balaban J connectivity index is 1.54. The van der Waals surface area contributed by atoms with Gasteiger partial charge in [0.1, 0.15) is 11.8 Å². The second kappa shape index (κ2) is 8.44. The van der Waals surface area contributed by atoms with Gasteiger partial charge in [-0.1, -0.05) is 0 Å². The molecule has 0 saturated carbocycles. The van der Waals surface area contributed by atoms with E-state index in [9.17, 15) is 9.18 Å². The van der Waals surface area contributed by atoms with Gasteiger partial charge in [0, 0.05) is 47.4 Å². The zero-order valence-electron chi connectivity index (χ0n) is 16.8. The van der Waals surface area contributed by atoms with Crippen molar-refractivity contribution >= 4 is 17.3 Å². The summed E-state index contributed by atoms with van der Waals surface area (Å²) < 4.78 is 24.5. The molecule has 8 heteroatoms. The van der Waals surface area contributed by atoms with Crippen molar-refractivity contribution in [2.24, 2.45) is 0 Å². The van der Waals surface area contributed by atoms with Gasteiger partial charge in [0.15, 0.2) is 11.6 Å². The predicted molar refractivity (Wildman–Crippen MR) is 113 cm³/mol. The summed E-state index contributed by atoms with van der Waals surface area (Å²) in [4.78, 5) is 14.8. The van der Waals surface area contributed by atoms with Gasteiger partial charge in [0.25, 0.3) is 0 Å². The molecule has 7 nitrogen and oxygen atoms in total. The Morgan fingerprint density at radius 3 is 2.87 bits per heavy atom. The number of anilines is 2. The first-order valence-corrected chi connectivity index (χ1v) is 9.78. The van der Waals surface area contributed by atoms with Crippen LogP contribution in [-0.4, -0.2) is 42.4 Å². The zero-order valence-corrected chi connectivity index (χ0v) is 16.8. The zero-order chi connectivity index (χ0) is 21.1. The monoisotopic (exact) mass is 410 g/mol. The molecule has 1 fully saturated rings. The van der Waals surface area contributed by atoms with Crippen LogP contribution in [0.2, 0.25) is 0 Å². The van der Waals surface area contributed by atoms with Crippen LogP contribution in [0.25, 0.3) is 11.1 Å². The highest BCUT2D eigenvalue weighted by Gasteiger charge is 2.33. The molecule has 2 heterocycles. The molecule has 1 unspecified atom stereocenters. The van der Waals surface area contributed by atoms with Gasteiger partial charge in [-0.15, -0.1) is 0 Å². The number of aromatic nitrogens is 2. The van der Waals surface area contributed by atoms with Gasteiger partial charge >= 0.3 is 0 Å². The first kappa shape index (κ1) is 19.8. The number of hydrogen-bond acceptors (Lipinski definition) is 5. The summed E-state index contributed by atoms with van der Waals surface area (Å²) in [6.45, 7) is 3.01. The topological polar surface area (TPSA) is 79.5 Å². The Kier molecular flexibility index (Phi) is 5.56. The number of benzene rings is 2. The summed E-state index contributed by atoms with van der Waals surface area (Å²) in [6, 6.07) is 9.80. The fraction of sp³-hybridized carbons (Fsp3) is 0.273. The van der Waals surface area contributed by atoms with Gasteiger partial charge in [-0.25, -0.2) is 4.39 Å². The van der Waals surface area contributed by atoms with E-state index in [1.54, 1.807) is 29.4 Å². The van der Waals surface area contributed by atoms with E-state index >= 15 is 0 Å². The van der Waals surface area contributed by atoms with Crippen LogP contribution >= 0.6 is 0 Å². The lowest BCUT2D eigenvalue weighted by Crippen LogP contribution is -2.33. The smallest absolute Gasteiger partial charge is 0.249 e. The molecule has 0 aliphatic carbocycles. The molecule has 0 bridgehead atoms. The van der Waals surface area contributed by atoms with Crippen LogP contribution in [0.3, 0.4) is 0 Å². The average molecular weight is 410 g/mol. The lowest BCUT2D eigenvalue weighted by atomic mass is 10.1. The average Bonchev–Trinajstić information content (AvgIpc) is 3.40. The lowest BCUT2D eigenvalue weighted by molar-refractivity contribution is -0.117. The van der Waals surface area contributed by atoms with Crippen molar-refractivity contribution in [3.05, 3.63) is 54.6 Å². The molecule has 1 amide bonds. The number of methoxy groups -OCH3 is 1. The van der Waals surface area contributed by atoms with E-state index in [0.717, 1.165) is 16.8 Å². The number of halogens is 1. The van der Waals surface area contributed by atoms with Crippen molar-refractivity contribution in [2.75, 3.05) is 30.5 Å². The molecule has 30 heavy (non-hydrogen) atoms. The third kappa shape index (κ3) is 3.80. The Morgan fingerprint density at radius 2 is 2.13 bits per heavy atom. The number of nitrogens with zero attached hydrogens (tertiary/aromatic N) is 2. The van der Waals surface area contributed by atoms with Crippen LogP contribution in [0.1, 0.15) is 13.3 Å². The van der Waals surface area contributed by atoms with Crippen LogP contribution in [0.5, 0.6) is 11.5 Å². The third-order valence-corrected chi connectivity index (χ3v) is 5.08. The van der Waals surface area contributed by atoms with E-state index in [0.29, 0.717) is 31.0 Å². The highest BCUT2D eigenvalue weighted by molar-refractivity contribution is 6.01. The Bertz CT molecular complexity index is 1040. The standard InChI is InChI=1S/C22H23FN4O3/c1-3-30-20-11-16(5-6-17(20)14-12-24-25-13-14)27-9-8-19(22(27)28)26-15-4-7-18(23)21(10-15)29-2/h4-7,10-13,19,26H,3,8-9H2,1-2H3,(H,24,25). The molecule has 0 radical (unpaired) electrons. The summed E-state index contributed by atoms with van der Waals surface area (Å²) in [5, 5.41) is 9.98. The van der Waals surface area contributed by atoms with E-state index < -0.39 is 11.9 Å². The number of amides is 1. The maximum absolute atomic E-state index is 13.6. The van der Waals surface area contributed by atoms with Crippen molar-refractivity contribution in [2.45, 2.75) is 19.4 Å². The molecule has 1 aromatic heterocycles. The number of aromatic amines is 1. The van der Waals surface area contributed by atoms with Crippen molar-refractivity contribution in [1.82, 2.24) is 10.2 Å². The minimum absolute atomic E-state index is 0.0446. The van der Waals surface area contributed by atoms with Gasteiger partial charge in [-0.05, 0) is 37.6 Å². The van der Waals surface area contributed by atoms with Crippen LogP contribution < -0.4 is 19.7 Å². The van der Waals surface area contributed by atoms with E-state index in [4.69, 9.17) is 9.47 Å². The number of carbonyl (C=O) groups excluding carboxylic acids is 1. The third-order valence-electron chi connectivity index (χ3n) is 5.08. The minimum atomic E-state index is -0.441. The van der Waals surface area contributed by atoms with E-state index in [1.165, 1.54) is 13.2 Å². The number of hydrogen-bond donors (Lipinski definition) is 2. The summed E-state index contributed by atoms with van der Waals surface area (Å²) in [5.41, 5.74) is 3.24. The summed E-state index contributed by atoms with van der Waals surface area (Å²) in [6.07, 6.45) is 4.16. The Labute approximate surface area is 173 Å². The fourth-order valence-electron chi connectivity index (χ4n) is 3.61. The van der Waals surface area contributed by atoms with E-state index in [-0.39, 0.29) is 11.7 Å². The summed E-state index contributed by atoms with van der Waals surface area (Å²) in [7, 11) is 1.41. The minimum Gasteiger partial charge on any atom is -0.494 e. The van der Waals surface area contributed by atoms with Gasteiger partial charge in [0.05, 0.1) is 19.9 Å². The van der Waals surface area contributed by atoms with E-state index in [2.05, 4.69) is 15.5 Å². The molecule has 156 valence electrons. The van der Waals surface area contributed by atoms with Crippen molar-refractivity contribution in [3.63, 3.8) is 0 Å². The normalized spacial score (nSPS) is 16.0. The molecule has 4 rings (SSSR count). The molecule has 3 aromatic rings. The fourth-order valence-corrected chi connectivity index (χ4v) is 3.61. The molecular formula is C22H23FN4O3. The first-order chi connectivity index (χ1) is 14.6. The maximum atomic E-state index is 13.6. The molecule has 1 aliphatic heterocycles. The van der Waals surface area contributed by atoms with Crippen LogP contribution in [0, 0.1) is 5.82 Å². The highest BCUT2D eigenvalue weighted by Crippen LogP contribution is 2.35.